The average Bonchev–Trinajstić information content (AvgIpc) is 3.18. The van der Waals surface area contributed by atoms with Gasteiger partial charge in [-0.1, -0.05) is 0 Å². The summed E-state index contributed by atoms with van der Waals surface area (Å²) in [5.74, 6) is -0.168. The number of anilines is 1. The molecule has 170 valence electrons. The molecule has 3 aromatic rings. The van der Waals surface area contributed by atoms with Gasteiger partial charge in [0.2, 0.25) is 11.8 Å². The molecule has 1 atom stereocenters. The molecule has 2 amide bonds. The number of pyridine rings is 1. The lowest BCUT2D eigenvalue weighted by Crippen LogP contribution is -2.30. The Morgan fingerprint density at radius 3 is 2.48 bits per heavy atom. The highest BCUT2D eigenvalue weighted by molar-refractivity contribution is 5.92. The molecule has 1 unspecified atom stereocenters. The third kappa shape index (κ3) is 5.17. The minimum Gasteiger partial charge on any atom is -0.439 e. The van der Waals surface area contributed by atoms with Crippen LogP contribution in [0.25, 0.3) is 11.4 Å². The van der Waals surface area contributed by atoms with E-state index in [0.717, 1.165) is 12.1 Å². The molecule has 3 heterocycles. The van der Waals surface area contributed by atoms with Crippen LogP contribution in [-0.2, 0) is 11.0 Å². The highest BCUT2D eigenvalue weighted by Crippen LogP contribution is 2.30. The Bertz CT molecular complexity index is 1180. The highest BCUT2D eigenvalue weighted by atomic mass is 19.4. The summed E-state index contributed by atoms with van der Waals surface area (Å²) in [7, 11) is 0. The van der Waals surface area contributed by atoms with E-state index in [1.54, 1.807) is 24.3 Å². The Hall–Kier alpha value is -4.22. The third-order valence-corrected chi connectivity index (χ3v) is 4.75. The molecule has 1 fully saturated rings. The minimum absolute atomic E-state index is 0.0101. The van der Waals surface area contributed by atoms with E-state index in [9.17, 15) is 22.8 Å². The molecule has 1 saturated heterocycles. The van der Waals surface area contributed by atoms with Crippen molar-refractivity contribution in [1.82, 2.24) is 20.3 Å². The fourth-order valence-electron chi connectivity index (χ4n) is 3.09. The molecule has 0 radical (unpaired) electrons. The topological polar surface area (TPSA) is 132 Å². The van der Waals surface area contributed by atoms with E-state index in [1.807, 2.05) is 0 Å². The van der Waals surface area contributed by atoms with Gasteiger partial charge in [0.25, 0.3) is 5.91 Å². The molecule has 4 rings (SSSR count). The zero-order valence-electron chi connectivity index (χ0n) is 16.9. The van der Waals surface area contributed by atoms with Crippen molar-refractivity contribution in [2.24, 2.45) is 5.73 Å². The summed E-state index contributed by atoms with van der Waals surface area (Å²) in [4.78, 5) is 35.7. The molecule has 0 aliphatic carbocycles. The number of hydrogen-bond donors (Lipinski definition) is 3. The maximum atomic E-state index is 12.6. The van der Waals surface area contributed by atoms with Crippen molar-refractivity contribution in [3.05, 3.63) is 59.9 Å². The summed E-state index contributed by atoms with van der Waals surface area (Å²) in [6, 6.07) is 9.17. The van der Waals surface area contributed by atoms with Gasteiger partial charge in [-0.05, 0) is 36.8 Å². The zero-order chi connectivity index (χ0) is 23.6. The first-order chi connectivity index (χ1) is 15.7. The van der Waals surface area contributed by atoms with Gasteiger partial charge in [-0.2, -0.15) is 13.2 Å². The molecule has 4 N–H and O–H groups in total. The lowest BCUT2D eigenvalue weighted by Gasteiger charge is -2.13. The number of nitrogens with zero attached hydrogens (tertiary/aromatic N) is 3. The fraction of sp³-hybridized carbons (Fsp3) is 0.190. The largest absolute Gasteiger partial charge is 0.439 e. The first-order valence-corrected chi connectivity index (χ1v) is 9.74. The van der Waals surface area contributed by atoms with Gasteiger partial charge in [0, 0.05) is 30.4 Å². The van der Waals surface area contributed by atoms with Gasteiger partial charge >= 0.3 is 6.18 Å². The van der Waals surface area contributed by atoms with Crippen LogP contribution >= 0.6 is 0 Å². The van der Waals surface area contributed by atoms with E-state index in [2.05, 4.69) is 25.6 Å². The second-order valence-corrected chi connectivity index (χ2v) is 7.11. The maximum Gasteiger partial charge on any atom is 0.417 e. The standard InChI is InChI=1S/C21H17F3N6O3/c22-21(23,24)12-3-6-17(27-10-12)33-13-4-1-11(2-5-13)19-29-15(18(25)31)9-16(30-19)28-14-7-8-26-20(14)32/h1-6,9-10,14H,7-8H2,(H2,25,31)(H,26,32)(H,28,29,30). The predicted octanol–water partition coefficient (Wildman–Crippen LogP) is 2.75. The number of nitrogens with two attached hydrogens (primary N) is 1. The van der Waals surface area contributed by atoms with Crippen LogP contribution in [0, 0.1) is 0 Å². The monoisotopic (exact) mass is 458 g/mol. The number of aromatic nitrogens is 3. The van der Waals surface area contributed by atoms with Crippen molar-refractivity contribution in [2.45, 2.75) is 18.6 Å². The van der Waals surface area contributed by atoms with Crippen LogP contribution in [-0.4, -0.2) is 39.4 Å². The number of carbonyl (C=O) groups is 2. The van der Waals surface area contributed by atoms with E-state index < -0.39 is 23.7 Å². The number of primary amides is 1. The molecule has 9 nitrogen and oxygen atoms in total. The van der Waals surface area contributed by atoms with Gasteiger partial charge in [0.05, 0.1) is 5.56 Å². The zero-order valence-corrected chi connectivity index (χ0v) is 16.9. The second kappa shape index (κ2) is 8.73. The van der Waals surface area contributed by atoms with Gasteiger partial charge in [-0.3, -0.25) is 9.59 Å². The quantitative estimate of drug-likeness (QED) is 0.517. The van der Waals surface area contributed by atoms with E-state index in [4.69, 9.17) is 10.5 Å². The molecule has 2 aromatic heterocycles. The first kappa shape index (κ1) is 22.0. The van der Waals surface area contributed by atoms with E-state index in [0.29, 0.717) is 30.5 Å². The summed E-state index contributed by atoms with van der Waals surface area (Å²) in [6.45, 7) is 0.534. The number of alkyl halides is 3. The molecule has 1 aliphatic rings. The third-order valence-electron chi connectivity index (χ3n) is 4.75. The smallest absolute Gasteiger partial charge is 0.417 e. The van der Waals surface area contributed by atoms with Gasteiger partial charge in [0.15, 0.2) is 5.82 Å². The number of ether oxygens (including phenoxy) is 1. The number of amides is 2. The molecule has 0 saturated carbocycles. The molecule has 12 heteroatoms. The summed E-state index contributed by atoms with van der Waals surface area (Å²) in [6.07, 6.45) is -3.23. The van der Waals surface area contributed by atoms with Crippen LogP contribution in [0.3, 0.4) is 0 Å². The second-order valence-electron chi connectivity index (χ2n) is 7.11. The molecule has 33 heavy (non-hydrogen) atoms. The highest BCUT2D eigenvalue weighted by Gasteiger charge is 2.30. The van der Waals surface area contributed by atoms with Gasteiger partial charge < -0.3 is 21.1 Å². The maximum absolute atomic E-state index is 12.6. The van der Waals surface area contributed by atoms with Crippen molar-refractivity contribution in [3.63, 3.8) is 0 Å². The number of halogens is 3. The van der Waals surface area contributed by atoms with Gasteiger partial charge in [0.1, 0.15) is 23.3 Å². The molecule has 1 aliphatic heterocycles. The molecular formula is C21H17F3N6O3. The fourth-order valence-corrected chi connectivity index (χ4v) is 3.09. The van der Waals surface area contributed by atoms with E-state index in [1.165, 1.54) is 6.07 Å². The van der Waals surface area contributed by atoms with Crippen LogP contribution in [0.15, 0.2) is 48.7 Å². The van der Waals surface area contributed by atoms with Gasteiger partial charge in [-0.25, -0.2) is 15.0 Å². The minimum atomic E-state index is -4.48. The summed E-state index contributed by atoms with van der Waals surface area (Å²) in [5, 5.41) is 5.67. The molecule has 0 bridgehead atoms. The molecule has 1 aromatic carbocycles. The number of benzene rings is 1. The van der Waals surface area contributed by atoms with Crippen LogP contribution in [0.1, 0.15) is 22.5 Å². The average molecular weight is 458 g/mol. The van der Waals surface area contributed by atoms with Crippen molar-refractivity contribution in [2.75, 3.05) is 11.9 Å². The lowest BCUT2D eigenvalue weighted by atomic mass is 10.2. The van der Waals surface area contributed by atoms with Crippen LogP contribution < -0.4 is 21.1 Å². The van der Waals surface area contributed by atoms with E-state index >= 15 is 0 Å². The van der Waals surface area contributed by atoms with Crippen LogP contribution in [0.5, 0.6) is 11.6 Å². The van der Waals surface area contributed by atoms with Crippen molar-refractivity contribution >= 4 is 17.6 Å². The number of carbonyl (C=O) groups excluding carboxylic acids is 2. The molecular weight excluding hydrogens is 441 g/mol. The Morgan fingerprint density at radius 2 is 1.91 bits per heavy atom. The van der Waals surface area contributed by atoms with Crippen molar-refractivity contribution < 1.29 is 27.5 Å². The normalized spacial score (nSPS) is 15.7. The first-order valence-electron chi connectivity index (χ1n) is 9.74. The summed E-state index contributed by atoms with van der Waals surface area (Å²) in [5.41, 5.74) is 4.99. The Labute approximate surface area is 185 Å². The summed E-state index contributed by atoms with van der Waals surface area (Å²) >= 11 is 0. The summed E-state index contributed by atoms with van der Waals surface area (Å²) < 4.78 is 43.4. The Morgan fingerprint density at radius 1 is 1.15 bits per heavy atom. The van der Waals surface area contributed by atoms with Gasteiger partial charge in [-0.15, -0.1) is 0 Å². The van der Waals surface area contributed by atoms with Crippen molar-refractivity contribution in [1.29, 1.82) is 0 Å². The SMILES string of the molecule is NC(=O)c1cc(NC2CCNC2=O)nc(-c2ccc(Oc3ccc(C(F)(F)F)cn3)cc2)n1. The Balaban J connectivity index is 1.54. The predicted molar refractivity (Wildman–Crippen MR) is 110 cm³/mol. The number of nitrogens with one attached hydrogen (secondary N) is 2. The van der Waals surface area contributed by atoms with Crippen LogP contribution in [0.4, 0.5) is 19.0 Å². The number of rotatable bonds is 6. The lowest BCUT2D eigenvalue weighted by molar-refractivity contribution is -0.137. The molecule has 0 spiro atoms. The van der Waals surface area contributed by atoms with Crippen LogP contribution in [0.2, 0.25) is 0 Å². The van der Waals surface area contributed by atoms with E-state index in [-0.39, 0.29) is 29.1 Å². The number of hydrogen-bond acceptors (Lipinski definition) is 7. The van der Waals surface area contributed by atoms with Crippen molar-refractivity contribution in [3.8, 4) is 23.0 Å². The Kier molecular flexibility index (Phi) is 5.82.